The van der Waals surface area contributed by atoms with Crippen LogP contribution in [0.15, 0.2) is 47.4 Å². The number of hydrogen-bond acceptors (Lipinski definition) is 4. The van der Waals surface area contributed by atoms with Crippen LogP contribution < -0.4 is 5.32 Å². The molecular weight excluding hydrogens is 410 g/mol. The van der Waals surface area contributed by atoms with E-state index in [1.807, 2.05) is 0 Å². The Morgan fingerprint density at radius 3 is 2.39 bits per heavy atom. The summed E-state index contributed by atoms with van der Waals surface area (Å²) in [7, 11) is 0. The van der Waals surface area contributed by atoms with Gasteiger partial charge < -0.3 is 5.32 Å². The van der Waals surface area contributed by atoms with Gasteiger partial charge in [-0.15, -0.1) is 0 Å². The Bertz CT molecular complexity index is 959. The van der Waals surface area contributed by atoms with Gasteiger partial charge in [-0.1, -0.05) is 23.7 Å². The van der Waals surface area contributed by atoms with E-state index in [1.165, 1.54) is 0 Å². The number of hydrogen-bond donors (Lipinski definition) is 1. The summed E-state index contributed by atoms with van der Waals surface area (Å²) in [6.07, 6.45) is 1.58. The van der Waals surface area contributed by atoms with Crippen molar-refractivity contribution in [3.05, 3.63) is 75.2 Å². The topological polar surface area (TPSA) is 66.5 Å². The van der Waals surface area contributed by atoms with E-state index >= 15 is 0 Å². The normalized spacial score (nSPS) is 15.4. The monoisotopic (exact) mass is 422 g/mol. The van der Waals surface area contributed by atoms with Crippen molar-refractivity contribution in [1.82, 2.24) is 10.2 Å². The number of amides is 3. The van der Waals surface area contributed by atoms with E-state index in [-0.39, 0.29) is 23.6 Å². The zero-order valence-electron chi connectivity index (χ0n) is 14.2. The Labute approximate surface area is 168 Å². The molecule has 9 heteroatoms. The molecule has 0 bridgehead atoms. The quantitative estimate of drug-likeness (QED) is 0.737. The average Bonchev–Trinajstić information content (AvgIpc) is 2.90. The van der Waals surface area contributed by atoms with Crippen LogP contribution in [0.3, 0.4) is 0 Å². The third-order valence-corrected chi connectivity index (χ3v) is 4.95. The van der Waals surface area contributed by atoms with Crippen LogP contribution in [0.1, 0.15) is 15.9 Å². The van der Waals surface area contributed by atoms with Crippen LogP contribution in [0.5, 0.6) is 0 Å². The van der Waals surface area contributed by atoms with E-state index in [9.17, 15) is 23.2 Å². The van der Waals surface area contributed by atoms with Gasteiger partial charge in [0.25, 0.3) is 17.1 Å². The van der Waals surface area contributed by atoms with Gasteiger partial charge in [0, 0.05) is 29.7 Å². The number of imide groups is 1. The number of carbonyl (C=O) groups excluding carboxylic acids is 3. The molecular formula is C19H13ClF2N2O3S. The number of halogens is 3. The molecule has 0 radical (unpaired) electrons. The molecule has 0 spiro atoms. The Morgan fingerprint density at radius 1 is 1.11 bits per heavy atom. The summed E-state index contributed by atoms with van der Waals surface area (Å²) in [5, 5.41) is 2.52. The molecule has 0 saturated carbocycles. The minimum atomic E-state index is -0.872. The molecule has 1 N–H and O–H groups in total. The maximum Gasteiger partial charge on any atom is 0.293 e. The molecule has 3 amide bonds. The van der Waals surface area contributed by atoms with Gasteiger partial charge in [-0.3, -0.25) is 19.3 Å². The lowest BCUT2D eigenvalue weighted by molar-refractivity contribution is -0.122. The van der Waals surface area contributed by atoms with Gasteiger partial charge in [-0.2, -0.15) is 0 Å². The molecule has 1 saturated heterocycles. The van der Waals surface area contributed by atoms with E-state index in [2.05, 4.69) is 5.32 Å². The molecule has 3 rings (SSSR count). The zero-order chi connectivity index (χ0) is 20.3. The first-order valence-electron chi connectivity index (χ1n) is 8.09. The van der Waals surface area contributed by atoms with Crippen molar-refractivity contribution < 1.29 is 23.2 Å². The van der Waals surface area contributed by atoms with Gasteiger partial charge in [-0.05, 0) is 47.7 Å². The summed E-state index contributed by atoms with van der Waals surface area (Å²) in [6.45, 7) is -0.116. The van der Waals surface area contributed by atoms with Crippen molar-refractivity contribution in [2.45, 2.75) is 0 Å². The number of nitrogens with zero attached hydrogens (tertiary/aromatic N) is 1. The lowest BCUT2D eigenvalue weighted by Crippen LogP contribution is -2.37. The van der Waals surface area contributed by atoms with Gasteiger partial charge in [0.15, 0.2) is 0 Å². The smallest absolute Gasteiger partial charge is 0.293 e. The lowest BCUT2D eigenvalue weighted by Gasteiger charge is -2.13. The summed E-state index contributed by atoms with van der Waals surface area (Å²) in [5.41, 5.74) is 0.533. The van der Waals surface area contributed by atoms with Crippen LogP contribution in [0.4, 0.5) is 13.6 Å². The zero-order valence-corrected chi connectivity index (χ0v) is 15.8. The van der Waals surface area contributed by atoms with E-state index in [1.54, 1.807) is 30.3 Å². The fourth-order valence-electron chi connectivity index (χ4n) is 2.47. The fourth-order valence-corrected chi connectivity index (χ4v) is 3.46. The first-order chi connectivity index (χ1) is 13.3. The van der Waals surface area contributed by atoms with Crippen molar-refractivity contribution in [1.29, 1.82) is 0 Å². The third kappa shape index (κ3) is 4.76. The number of benzene rings is 2. The Morgan fingerprint density at radius 2 is 1.75 bits per heavy atom. The first kappa shape index (κ1) is 20.0. The number of rotatable bonds is 5. The Balaban J connectivity index is 1.60. The Kier molecular flexibility index (Phi) is 6.11. The van der Waals surface area contributed by atoms with Crippen LogP contribution >= 0.6 is 23.4 Å². The SMILES string of the molecule is O=C(NCCN1C(=O)SC(=Cc2ccc(Cl)cc2)C1=O)c1cc(F)cc(F)c1. The number of nitrogens with one attached hydrogen (secondary N) is 1. The minimum Gasteiger partial charge on any atom is -0.350 e. The number of thioether (sulfide) groups is 1. The van der Waals surface area contributed by atoms with Crippen molar-refractivity contribution in [3.8, 4) is 0 Å². The molecule has 2 aromatic rings. The van der Waals surface area contributed by atoms with Crippen LogP contribution in [0.25, 0.3) is 6.08 Å². The highest BCUT2D eigenvalue weighted by molar-refractivity contribution is 8.18. The summed E-state index contributed by atoms with van der Waals surface area (Å²) in [5.74, 6) is -2.93. The highest BCUT2D eigenvalue weighted by atomic mass is 35.5. The molecule has 0 atom stereocenters. The van der Waals surface area contributed by atoms with Crippen LogP contribution in [-0.2, 0) is 4.79 Å². The molecule has 1 fully saturated rings. The molecule has 0 aromatic heterocycles. The number of carbonyl (C=O) groups is 3. The Hall–Kier alpha value is -2.71. The molecule has 0 unspecified atom stereocenters. The molecule has 0 aliphatic carbocycles. The van der Waals surface area contributed by atoms with Gasteiger partial charge in [0.05, 0.1) is 4.91 Å². The van der Waals surface area contributed by atoms with Gasteiger partial charge in [0.2, 0.25) is 0 Å². The molecule has 5 nitrogen and oxygen atoms in total. The summed E-state index contributed by atoms with van der Waals surface area (Å²) >= 11 is 6.61. The minimum absolute atomic E-state index is 0.0524. The molecule has 1 heterocycles. The average molecular weight is 423 g/mol. The third-order valence-electron chi connectivity index (χ3n) is 3.79. The predicted molar refractivity (Wildman–Crippen MR) is 103 cm³/mol. The van der Waals surface area contributed by atoms with E-state index in [0.29, 0.717) is 11.1 Å². The van der Waals surface area contributed by atoms with Crippen molar-refractivity contribution in [2.75, 3.05) is 13.1 Å². The molecule has 144 valence electrons. The molecule has 1 aliphatic heterocycles. The second kappa shape index (κ2) is 8.53. The highest BCUT2D eigenvalue weighted by Gasteiger charge is 2.34. The molecule has 2 aromatic carbocycles. The molecule has 1 aliphatic rings. The predicted octanol–water partition coefficient (Wildman–Crippen LogP) is 4.08. The van der Waals surface area contributed by atoms with Crippen molar-refractivity contribution >= 4 is 46.5 Å². The van der Waals surface area contributed by atoms with Gasteiger partial charge >= 0.3 is 0 Å². The summed E-state index contributed by atoms with van der Waals surface area (Å²) in [6, 6.07) is 9.22. The second-order valence-electron chi connectivity index (χ2n) is 5.80. The van der Waals surface area contributed by atoms with E-state index in [4.69, 9.17) is 11.6 Å². The van der Waals surface area contributed by atoms with Crippen molar-refractivity contribution in [3.63, 3.8) is 0 Å². The summed E-state index contributed by atoms with van der Waals surface area (Å²) in [4.78, 5) is 37.7. The van der Waals surface area contributed by atoms with Crippen LogP contribution in [0.2, 0.25) is 5.02 Å². The second-order valence-corrected chi connectivity index (χ2v) is 7.23. The van der Waals surface area contributed by atoms with Gasteiger partial charge in [-0.25, -0.2) is 8.78 Å². The first-order valence-corrected chi connectivity index (χ1v) is 9.28. The highest BCUT2D eigenvalue weighted by Crippen LogP contribution is 2.32. The van der Waals surface area contributed by atoms with Gasteiger partial charge in [0.1, 0.15) is 11.6 Å². The van der Waals surface area contributed by atoms with Crippen LogP contribution in [0, 0.1) is 11.6 Å². The molecule has 28 heavy (non-hydrogen) atoms. The maximum atomic E-state index is 13.2. The fraction of sp³-hybridized carbons (Fsp3) is 0.105. The largest absolute Gasteiger partial charge is 0.350 e. The maximum absolute atomic E-state index is 13.2. The van der Waals surface area contributed by atoms with E-state index < -0.39 is 28.7 Å². The summed E-state index contributed by atoms with van der Waals surface area (Å²) < 4.78 is 26.3. The lowest BCUT2D eigenvalue weighted by atomic mass is 10.2. The van der Waals surface area contributed by atoms with Crippen molar-refractivity contribution in [2.24, 2.45) is 0 Å². The standard InChI is InChI=1S/C19H13ClF2N2O3S/c20-13-3-1-11(2-4-13)7-16-18(26)24(19(27)28-16)6-5-23-17(25)12-8-14(21)10-15(22)9-12/h1-4,7-10H,5-6H2,(H,23,25). The van der Waals surface area contributed by atoms with E-state index in [0.717, 1.165) is 34.4 Å². The van der Waals surface area contributed by atoms with Crippen LogP contribution in [-0.4, -0.2) is 35.0 Å².